The molecule has 0 bridgehead atoms. The Labute approximate surface area is 194 Å². The minimum atomic E-state index is 0.723. The summed E-state index contributed by atoms with van der Waals surface area (Å²) in [7, 11) is 0. The van der Waals surface area contributed by atoms with Gasteiger partial charge >= 0.3 is 0 Å². The maximum atomic E-state index is 5.90. The summed E-state index contributed by atoms with van der Waals surface area (Å²) >= 11 is 5.90. The molecule has 0 saturated carbocycles. The lowest BCUT2D eigenvalue weighted by molar-refractivity contribution is 0.0918. The van der Waals surface area contributed by atoms with Gasteiger partial charge in [0.25, 0.3) is 0 Å². The first-order chi connectivity index (χ1) is 15.7. The molecule has 2 aromatic heterocycles. The Balaban J connectivity index is 1.28. The zero-order valence-electron chi connectivity index (χ0n) is 18.7. The van der Waals surface area contributed by atoms with Crippen molar-refractivity contribution in [2.75, 3.05) is 39.3 Å². The van der Waals surface area contributed by atoms with Crippen LogP contribution in [0.3, 0.4) is 0 Å². The number of benzene rings is 1. The summed E-state index contributed by atoms with van der Waals surface area (Å²) in [6.07, 6.45) is 2.54. The van der Waals surface area contributed by atoms with E-state index in [1.807, 2.05) is 23.7 Å². The number of nitrogens with zero attached hydrogens (tertiary/aromatic N) is 7. The molecule has 32 heavy (non-hydrogen) atoms. The monoisotopic (exact) mass is 453 g/mol. The van der Waals surface area contributed by atoms with Crippen molar-refractivity contribution >= 4 is 12.2 Å². The van der Waals surface area contributed by atoms with Crippen molar-refractivity contribution in [1.29, 1.82) is 0 Å². The summed E-state index contributed by atoms with van der Waals surface area (Å²) in [6, 6.07) is 12.4. The molecular formula is C23H31N7OS. The lowest BCUT2D eigenvalue weighted by atomic mass is 10.3. The van der Waals surface area contributed by atoms with E-state index in [0.717, 1.165) is 86.8 Å². The second kappa shape index (κ2) is 9.66. The zero-order chi connectivity index (χ0) is 21.9. The molecule has 0 spiro atoms. The lowest BCUT2D eigenvalue weighted by Crippen LogP contribution is -2.46. The average Bonchev–Trinajstić information content (AvgIpc) is 3.53. The molecule has 0 atom stereocenters. The molecule has 4 heterocycles. The van der Waals surface area contributed by atoms with Crippen molar-refractivity contribution in [1.82, 2.24) is 34.2 Å². The number of rotatable bonds is 7. The van der Waals surface area contributed by atoms with Crippen LogP contribution < -0.4 is 0 Å². The summed E-state index contributed by atoms with van der Waals surface area (Å²) in [6.45, 7) is 10.6. The van der Waals surface area contributed by atoms with E-state index in [0.29, 0.717) is 0 Å². The van der Waals surface area contributed by atoms with Gasteiger partial charge in [-0.2, -0.15) is 5.10 Å². The van der Waals surface area contributed by atoms with Crippen molar-refractivity contribution in [3.05, 3.63) is 58.4 Å². The molecule has 9 heteroatoms. The van der Waals surface area contributed by atoms with Crippen molar-refractivity contribution in [3.8, 4) is 5.69 Å². The molecule has 0 unspecified atom stereocenters. The van der Waals surface area contributed by atoms with Gasteiger partial charge in [-0.05, 0) is 57.2 Å². The van der Waals surface area contributed by atoms with Crippen LogP contribution in [0.15, 0.2) is 40.9 Å². The molecule has 0 aliphatic carbocycles. The first-order valence-electron chi connectivity index (χ1n) is 11.5. The number of hydrogen-bond donors (Lipinski definition) is 0. The molecular weight excluding hydrogens is 422 g/mol. The van der Waals surface area contributed by atoms with Gasteiger partial charge in [0.2, 0.25) is 4.77 Å². The molecule has 3 aromatic rings. The van der Waals surface area contributed by atoms with E-state index in [9.17, 15) is 0 Å². The smallest absolute Gasteiger partial charge is 0.203 e. The fourth-order valence-electron chi connectivity index (χ4n) is 4.61. The summed E-state index contributed by atoms with van der Waals surface area (Å²) in [5.74, 6) is 1.97. The Hall–Kier alpha value is -2.33. The van der Waals surface area contributed by atoms with Crippen LogP contribution in [0, 0.1) is 11.7 Å². The van der Waals surface area contributed by atoms with Crippen LogP contribution in [-0.4, -0.2) is 73.5 Å². The number of piperazine rings is 1. The van der Waals surface area contributed by atoms with Crippen LogP contribution in [-0.2, 0) is 19.8 Å². The molecule has 2 fully saturated rings. The fourth-order valence-corrected chi connectivity index (χ4v) is 4.92. The van der Waals surface area contributed by atoms with Gasteiger partial charge in [0.05, 0.1) is 25.5 Å². The van der Waals surface area contributed by atoms with Gasteiger partial charge in [-0.1, -0.05) is 23.4 Å². The van der Waals surface area contributed by atoms with Gasteiger partial charge in [0, 0.05) is 37.9 Å². The highest BCUT2D eigenvalue weighted by Crippen LogP contribution is 2.18. The molecule has 5 rings (SSSR count). The highest BCUT2D eigenvalue weighted by molar-refractivity contribution is 7.71. The van der Waals surface area contributed by atoms with Gasteiger partial charge in [0.1, 0.15) is 0 Å². The van der Waals surface area contributed by atoms with Crippen molar-refractivity contribution in [2.24, 2.45) is 0 Å². The van der Waals surface area contributed by atoms with E-state index in [4.69, 9.17) is 21.8 Å². The summed E-state index contributed by atoms with van der Waals surface area (Å²) < 4.78 is 10.3. The number of para-hydroxylation sites is 1. The van der Waals surface area contributed by atoms with Crippen LogP contribution in [0.4, 0.5) is 0 Å². The van der Waals surface area contributed by atoms with Crippen molar-refractivity contribution in [3.63, 3.8) is 0 Å². The zero-order valence-corrected chi connectivity index (χ0v) is 19.5. The van der Waals surface area contributed by atoms with Crippen LogP contribution in [0.25, 0.3) is 5.69 Å². The molecule has 0 radical (unpaired) electrons. The molecule has 170 valence electrons. The molecule has 2 saturated heterocycles. The molecule has 0 N–H and O–H groups in total. The Morgan fingerprint density at radius 2 is 1.59 bits per heavy atom. The Bertz CT molecular complexity index is 1080. The lowest BCUT2D eigenvalue weighted by Gasteiger charge is -2.33. The van der Waals surface area contributed by atoms with Crippen LogP contribution in [0.1, 0.15) is 30.1 Å². The minimum absolute atomic E-state index is 0.723. The first-order valence-corrected chi connectivity index (χ1v) is 11.9. The largest absolute Gasteiger partial charge is 0.360 e. The topological polar surface area (TPSA) is 58.5 Å². The Morgan fingerprint density at radius 3 is 2.28 bits per heavy atom. The fraction of sp³-hybridized carbons (Fsp3) is 0.522. The maximum absolute atomic E-state index is 5.90. The van der Waals surface area contributed by atoms with Gasteiger partial charge in [-0.25, -0.2) is 4.68 Å². The number of aromatic nitrogens is 4. The van der Waals surface area contributed by atoms with E-state index < -0.39 is 0 Å². The predicted octanol–water partition coefficient (Wildman–Crippen LogP) is 3.07. The third-order valence-electron chi connectivity index (χ3n) is 6.34. The SMILES string of the molecule is Cc1cc(CN2CCN(Cn3nc(CN4CCCC4)n(-c4ccccc4)c3=S)CC2)on1. The second-order valence-corrected chi connectivity index (χ2v) is 9.19. The molecule has 8 nitrogen and oxygen atoms in total. The summed E-state index contributed by atoms with van der Waals surface area (Å²) in [5.41, 5.74) is 2.02. The van der Waals surface area contributed by atoms with E-state index in [-0.39, 0.29) is 0 Å². The van der Waals surface area contributed by atoms with E-state index in [1.165, 1.54) is 12.8 Å². The molecule has 1 aromatic carbocycles. The van der Waals surface area contributed by atoms with Crippen LogP contribution >= 0.6 is 12.2 Å². The molecule has 0 amide bonds. The van der Waals surface area contributed by atoms with E-state index in [2.05, 4.69) is 48.7 Å². The normalized spacial score (nSPS) is 18.5. The van der Waals surface area contributed by atoms with E-state index >= 15 is 0 Å². The molecule has 2 aliphatic rings. The van der Waals surface area contributed by atoms with E-state index in [1.54, 1.807) is 0 Å². The predicted molar refractivity (Wildman–Crippen MR) is 125 cm³/mol. The minimum Gasteiger partial charge on any atom is -0.360 e. The van der Waals surface area contributed by atoms with Crippen molar-refractivity contribution < 1.29 is 4.52 Å². The Morgan fingerprint density at radius 1 is 0.906 bits per heavy atom. The maximum Gasteiger partial charge on any atom is 0.203 e. The highest BCUT2D eigenvalue weighted by Gasteiger charge is 2.22. The van der Waals surface area contributed by atoms with Crippen LogP contribution in [0.2, 0.25) is 0 Å². The average molecular weight is 454 g/mol. The standard InChI is InChI=1S/C23H31N7OS/c1-19-15-21(31-25-19)16-27-11-13-28(14-12-27)18-29-23(32)30(20-7-3-2-4-8-20)22(24-29)17-26-9-5-6-10-26/h2-4,7-8,15H,5-6,9-14,16-18H2,1H3. The summed E-state index contributed by atoms with van der Waals surface area (Å²) in [4.78, 5) is 7.32. The van der Waals surface area contributed by atoms with Gasteiger partial charge in [0.15, 0.2) is 11.6 Å². The Kier molecular flexibility index (Phi) is 6.49. The van der Waals surface area contributed by atoms with Gasteiger partial charge in [-0.15, -0.1) is 0 Å². The summed E-state index contributed by atoms with van der Waals surface area (Å²) in [5, 5.41) is 8.98. The van der Waals surface area contributed by atoms with Gasteiger partial charge in [-0.3, -0.25) is 19.3 Å². The number of hydrogen-bond acceptors (Lipinski definition) is 7. The number of likely N-dealkylation sites (tertiary alicyclic amines) is 1. The van der Waals surface area contributed by atoms with Gasteiger partial charge < -0.3 is 4.52 Å². The quantitative estimate of drug-likeness (QED) is 0.510. The van der Waals surface area contributed by atoms with Crippen molar-refractivity contribution in [2.45, 2.75) is 39.5 Å². The third kappa shape index (κ3) is 4.85. The van der Waals surface area contributed by atoms with Crippen LogP contribution in [0.5, 0.6) is 0 Å². The number of aryl methyl sites for hydroxylation is 1. The first kappa shape index (κ1) is 21.5. The second-order valence-electron chi connectivity index (χ2n) is 8.82. The third-order valence-corrected chi connectivity index (χ3v) is 6.73. The highest BCUT2D eigenvalue weighted by atomic mass is 32.1. The molecule has 2 aliphatic heterocycles.